The Balaban J connectivity index is 1.65. The van der Waals surface area contributed by atoms with E-state index < -0.39 is 0 Å². The second-order valence-electron chi connectivity index (χ2n) is 6.85. The van der Waals surface area contributed by atoms with Gasteiger partial charge in [-0.15, -0.1) is 0 Å². The van der Waals surface area contributed by atoms with Crippen LogP contribution in [0.2, 0.25) is 0 Å². The lowest BCUT2D eigenvalue weighted by molar-refractivity contribution is -0.122. The Morgan fingerprint density at radius 2 is 1.52 bits per heavy atom. The molecule has 1 heterocycles. The summed E-state index contributed by atoms with van der Waals surface area (Å²) in [4.78, 5) is 12.3. The Morgan fingerprint density at radius 3 is 2.12 bits per heavy atom. The van der Waals surface area contributed by atoms with Crippen molar-refractivity contribution in [3.05, 3.63) is 53.1 Å². The Kier molecular flexibility index (Phi) is 5.39. The van der Waals surface area contributed by atoms with E-state index in [9.17, 15) is 4.79 Å². The number of rotatable bonds is 4. The molecule has 0 spiro atoms. The van der Waals surface area contributed by atoms with Crippen LogP contribution in [0, 0.1) is 26.7 Å². The molecule has 1 fully saturated rings. The summed E-state index contributed by atoms with van der Waals surface area (Å²) in [7, 11) is 0. The molecule has 1 aliphatic rings. The van der Waals surface area contributed by atoms with Crippen molar-refractivity contribution in [3.63, 3.8) is 0 Å². The van der Waals surface area contributed by atoms with E-state index in [1.54, 1.807) is 0 Å². The summed E-state index contributed by atoms with van der Waals surface area (Å²) < 4.78 is 5.31. The third-order valence-electron chi connectivity index (χ3n) is 4.69. The van der Waals surface area contributed by atoms with Gasteiger partial charge in [0, 0.05) is 36.2 Å². The van der Waals surface area contributed by atoms with Gasteiger partial charge in [0.25, 0.3) is 0 Å². The van der Waals surface area contributed by atoms with Crippen LogP contribution in [-0.4, -0.2) is 19.1 Å². The largest absolute Gasteiger partial charge is 0.381 e. The normalized spacial score (nSPS) is 15.0. The molecule has 132 valence electrons. The lowest BCUT2D eigenvalue weighted by atomic mass is 9.99. The summed E-state index contributed by atoms with van der Waals surface area (Å²) in [6.45, 7) is 7.70. The highest BCUT2D eigenvalue weighted by molar-refractivity contribution is 5.92. The molecule has 0 bridgehead atoms. The summed E-state index contributed by atoms with van der Waals surface area (Å²) in [5.41, 5.74) is 6.72. The standard InChI is InChI=1S/C21H26N2O2/c1-14-12-15(2)20(16(3)13-14)22-18-4-6-19(7-5-18)23-21(24)17-8-10-25-11-9-17/h4-7,12-13,17,22H,8-11H2,1-3H3,(H,23,24). The second kappa shape index (κ2) is 7.70. The first-order valence-corrected chi connectivity index (χ1v) is 8.86. The van der Waals surface area contributed by atoms with Gasteiger partial charge in [0.05, 0.1) is 0 Å². The highest BCUT2D eigenvalue weighted by Gasteiger charge is 2.21. The fourth-order valence-corrected chi connectivity index (χ4v) is 3.36. The van der Waals surface area contributed by atoms with Crippen LogP contribution in [0.1, 0.15) is 29.5 Å². The number of hydrogen-bond acceptors (Lipinski definition) is 3. The van der Waals surface area contributed by atoms with E-state index in [1.165, 1.54) is 16.7 Å². The van der Waals surface area contributed by atoms with Crippen molar-refractivity contribution in [3.8, 4) is 0 Å². The van der Waals surface area contributed by atoms with Crippen LogP contribution in [-0.2, 0) is 9.53 Å². The fraction of sp³-hybridized carbons (Fsp3) is 0.381. The van der Waals surface area contributed by atoms with Crippen LogP contribution in [0.3, 0.4) is 0 Å². The van der Waals surface area contributed by atoms with Crippen molar-refractivity contribution in [1.29, 1.82) is 0 Å². The van der Waals surface area contributed by atoms with Crippen LogP contribution >= 0.6 is 0 Å². The molecular weight excluding hydrogens is 312 g/mol. The number of ether oxygens (including phenoxy) is 1. The predicted octanol–water partition coefficient (Wildman–Crippen LogP) is 4.72. The lowest BCUT2D eigenvalue weighted by Crippen LogP contribution is -2.28. The van der Waals surface area contributed by atoms with Gasteiger partial charge < -0.3 is 15.4 Å². The molecule has 2 aromatic rings. The van der Waals surface area contributed by atoms with E-state index in [2.05, 4.69) is 43.5 Å². The van der Waals surface area contributed by atoms with Gasteiger partial charge in [-0.25, -0.2) is 0 Å². The monoisotopic (exact) mass is 338 g/mol. The average molecular weight is 338 g/mol. The SMILES string of the molecule is Cc1cc(C)c(Nc2ccc(NC(=O)C3CCOCC3)cc2)c(C)c1. The van der Waals surface area contributed by atoms with Crippen molar-refractivity contribution >= 4 is 23.0 Å². The van der Waals surface area contributed by atoms with E-state index in [1.807, 2.05) is 24.3 Å². The van der Waals surface area contributed by atoms with Crippen LogP contribution in [0.4, 0.5) is 17.1 Å². The Bertz CT molecular complexity index is 724. The van der Waals surface area contributed by atoms with E-state index >= 15 is 0 Å². The molecule has 1 aliphatic heterocycles. The molecule has 4 heteroatoms. The maximum absolute atomic E-state index is 12.3. The van der Waals surface area contributed by atoms with Gasteiger partial charge in [-0.2, -0.15) is 0 Å². The number of carbonyl (C=O) groups excluding carboxylic acids is 1. The van der Waals surface area contributed by atoms with Crippen LogP contribution in [0.5, 0.6) is 0 Å². The summed E-state index contributed by atoms with van der Waals surface area (Å²) >= 11 is 0. The number of anilines is 3. The van der Waals surface area contributed by atoms with Gasteiger partial charge in [-0.1, -0.05) is 17.7 Å². The fourth-order valence-electron chi connectivity index (χ4n) is 3.36. The Hall–Kier alpha value is -2.33. The van der Waals surface area contributed by atoms with Crippen molar-refractivity contribution in [1.82, 2.24) is 0 Å². The van der Waals surface area contributed by atoms with Crippen LogP contribution in [0.25, 0.3) is 0 Å². The quantitative estimate of drug-likeness (QED) is 0.848. The molecule has 3 rings (SSSR count). The molecular formula is C21H26N2O2. The first-order valence-electron chi connectivity index (χ1n) is 8.86. The zero-order valence-corrected chi connectivity index (χ0v) is 15.2. The van der Waals surface area contributed by atoms with Gasteiger partial charge in [-0.3, -0.25) is 4.79 Å². The highest BCUT2D eigenvalue weighted by atomic mass is 16.5. The number of amides is 1. The Morgan fingerprint density at radius 1 is 0.960 bits per heavy atom. The van der Waals surface area contributed by atoms with Gasteiger partial charge in [-0.05, 0) is 69.0 Å². The van der Waals surface area contributed by atoms with Gasteiger partial charge in [0.15, 0.2) is 0 Å². The summed E-state index contributed by atoms with van der Waals surface area (Å²) in [6, 6.07) is 12.2. The molecule has 4 nitrogen and oxygen atoms in total. The second-order valence-corrected chi connectivity index (χ2v) is 6.85. The minimum atomic E-state index is 0.0596. The number of hydrogen-bond donors (Lipinski definition) is 2. The van der Waals surface area contributed by atoms with Gasteiger partial charge in [0.2, 0.25) is 5.91 Å². The van der Waals surface area contributed by atoms with Gasteiger partial charge in [0.1, 0.15) is 0 Å². The zero-order valence-electron chi connectivity index (χ0n) is 15.2. The van der Waals surface area contributed by atoms with Crippen LogP contribution in [0.15, 0.2) is 36.4 Å². The predicted molar refractivity (Wildman–Crippen MR) is 103 cm³/mol. The lowest BCUT2D eigenvalue weighted by Gasteiger charge is -2.21. The van der Waals surface area contributed by atoms with Crippen LogP contribution < -0.4 is 10.6 Å². The molecule has 1 amide bonds. The summed E-state index contributed by atoms with van der Waals surface area (Å²) in [5.74, 6) is 0.152. The third kappa shape index (κ3) is 4.40. The molecule has 0 unspecified atom stereocenters. The third-order valence-corrected chi connectivity index (χ3v) is 4.69. The average Bonchev–Trinajstić information content (AvgIpc) is 2.60. The van der Waals surface area contributed by atoms with Gasteiger partial charge >= 0.3 is 0 Å². The highest BCUT2D eigenvalue weighted by Crippen LogP contribution is 2.27. The van der Waals surface area contributed by atoms with Crippen molar-refractivity contribution < 1.29 is 9.53 Å². The van der Waals surface area contributed by atoms with E-state index in [0.717, 1.165) is 29.9 Å². The van der Waals surface area contributed by atoms with E-state index in [-0.39, 0.29) is 11.8 Å². The van der Waals surface area contributed by atoms with E-state index in [4.69, 9.17) is 4.74 Å². The summed E-state index contributed by atoms with van der Waals surface area (Å²) in [6.07, 6.45) is 1.61. The number of nitrogens with one attached hydrogen (secondary N) is 2. The van der Waals surface area contributed by atoms with Crippen molar-refractivity contribution in [2.75, 3.05) is 23.8 Å². The molecule has 0 aliphatic carbocycles. The maximum Gasteiger partial charge on any atom is 0.227 e. The molecule has 0 aromatic heterocycles. The molecule has 0 saturated carbocycles. The number of aryl methyl sites for hydroxylation is 3. The topological polar surface area (TPSA) is 50.4 Å². The van der Waals surface area contributed by atoms with E-state index in [0.29, 0.717) is 13.2 Å². The maximum atomic E-state index is 12.3. The summed E-state index contributed by atoms with van der Waals surface area (Å²) in [5, 5.41) is 6.49. The first kappa shape index (κ1) is 17.5. The molecule has 2 aromatic carbocycles. The van der Waals surface area contributed by atoms with Crippen molar-refractivity contribution in [2.45, 2.75) is 33.6 Å². The molecule has 0 atom stereocenters. The smallest absolute Gasteiger partial charge is 0.227 e. The van der Waals surface area contributed by atoms with Crippen molar-refractivity contribution in [2.24, 2.45) is 5.92 Å². The zero-order chi connectivity index (χ0) is 17.8. The molecule has 1 saturated heterocycles. The minimum Gasteiger partial charge on any atom is -0.381 e. The first-order chi connectivity index (χ1) is 12.0. The molecule has 25 heavy (non-hydrogen) atoms. The number of carbonyl (C=O) groups is 1. The molecule has 0 radical (unpaired) electrons. The number of benzene rings is 2. The minimum absolute atomic E-state index is 0.0596. The Labute approximate surface area is 149 Å². The molecule has 2 N–H and O–H groups in total.